The first-order valence-corrected chi connectivity index (χ1v) is 15.3. The van der Waals surface area contributed by atoms with E-state index in [0.29, 0.717) is 0 Å². The molecule has 216 valence electrons. The largest absolute Gasteiger partial charge is 0.309 e. The van der Waals surface area contributed by atoms with E-state index in [9.17, 15) is 0 Å². The Balaban J connectivity index is 1.38. The highest BCUT2D eigenvalue weighted by Gasteiger charge is 2.28. The minimum atomic E-state index is 0.0957. The summed E-state index contributed by atoms with van der Waals surface area (Å²) in [7, 11) is 0. The summed E-state index contributed by atoms with van der Waals surface area (Å²) in [6, 6.07) is 38.5. The van der Waals surface area contributed by atoms with Gasteiger partial charge in [-0.3, -0.25) is 9.97 Å². The molecule has 3 nitrogen and oxygen atoms in total. The topological polar surface area (TPSA) is 29.0 Å². The number of hydrogen-bond acceptors (Lipinski definition) is 3. The lowest BCUT2D eigenvalue weighted by Gasteiger charge is -2.25. The number of para-hydroxylation sites is 2. The molecule has 0 aliphatic carbocycles. The number of rotatable bonds is 7. The summed E-state index contributed by atoms with van der Waals surface area (Å²) < 4.78 is 0. The summed E-state index contributed by atoms with van der Waals surface area (Å²) in [4.78, 5) is 12.1. The highest BCUT2D eigenvalue weighted by atomic mass is 15.1. The van der Waals surface area contributed by atoms with Gasteiger partial charge in [-0.25, -0.2) is 0 Å². The van der Waals surface area contributed by atoms with Gasteiger partial charge in [0.1, 0.15) is 0 Å². The van der Waals surface area contributed by atoms with Crippen molar-refractivity contribution in [3.8, 4) is 11.4 Å². The number of pyridine rings is 2. The second kappa shape index (κ2) is 12.3. The molecule has 2 heterocycles. The van der Waals surface area contributed by atoms with Crippen molar-refractivity contribution in [3.05, 3.63) is 155 Å². The Labute approximate surface area is 262 Å². The van der Waals surface area contributed by atoms with Gasteiger partial charge in [0.2, 0.25) is 6.71 Å². The van der Waals surface area contributed by atoms with E-state index in [1.54, 1.807) is 0 Å². The van der Waals surface area contributed by atoms with Gasteiger partial charge in [-0.05, 0) is 84.0 Å². The number of anilines is 3. The van der Waals surface area contributed by atoms with E-state index in [1.165, 1.54) is 49.8 Å². The maximum Gasteiger partial charge on any atom is 0.244 e. The number of benzene rings is 4. The molecule has 2 aromatic heterocycles. The molecule has 0 radical (unpaired) electrons. The van der Waals surface area contributed by atoms with Gasteiger partial charge < -0.3 is 4.90 Å². The Morgan fingerprint density at radius 1 is 0.455 bits per heavy atom. The smallest absolute Gasteiger partial charge is 0.244 e. The predicted octanol–water partition coefficient (Wildman–Crippen LogP) is 7.98. The van der Waals surface area contributed by atoms with Gasteiger partial charge in [0.25, 0.3) is 0 Å². The van der Waals surface area contributed by atoms with Crippen LogP contribution in [0.5, 0.6) is 0 Å². The number of aryl methyl sites for hydroxylation is 6. The zero-order chi connectivity index (χ0) is 30.8. The van der Waals surface area contributed by atoms with Crippen molar-refractivity contribution in [2.75, 3.05) is 4.90 Å². The SMILES string of the molecule is Cc1cc(C)c(B(c2ccc(-c3ccc(N(c4ccccc4)c4ccccc4)cn3)nc2)c2c(C)cc(C)cc2C)c(C)c1. The molecular formula is C40H38BN3. The fourth-order valence-corrected chi connectivity index (χ4v) is 6.77. The Bertz CT molecular complexity index is 1750. The third kappa shape index (κ3) is 5.81. The molecule has 0 saturated carbocycles. The predicted molar refractivity (Wildman–Crippen MR) is 188 cm³/mol. The van der Waals surface area contributed by atoms with Gasteiger partial charge in [0, 0.05) is 17.6 Å². The molecule has 4 heteroatoms. The first-order valence-electron chi connectivity index (χ1n) is 15.3. The normalized spacial score (nSPS) is 11.0. The third-order valence-electron chi connectivity index (χ3n) is 8.47. The van der Waals surface area contributed by atoms with Gasteiger partial charge in [-0.2, -0.15) is 0 Å². The Morgan fingerprint density at radius 2 is 0.886 bits per heavy atom. The fourth-order valence-electron chi connectivity index (χ4n) is 6.77. The zero-order valence-corrected chi connectivity index (χ0v) is 26.5. The minimum Gasteiger partial charge on any atom is -0.309 e. The molecule has 44 heavy (non-hydrogen) atoms. The van der Waals surface area contributed by atoms with Crippen molar-refractivity contribution in [2.45, 2.75) is 41.5 Å². The molecule has 4 aromatic carbocycles. The van der Waals surface area contributed by atoms with Crippen molar-refractivity contribution < 1.29 is 0 Å². The van der Waals surface area contributed by atoms with Crippen molar-refractivity contribution in [1.82, 2.24) is 9.97 Å². The van der Waals surface area contributed by atoms with Crippen molar-refractivity contribution in [3.63, 3.8) is 0 Å². The molecular weight excluding hydrogens is 533 g/mol. The monoisotopic (exact) mass is 571 g/mol. The van der Waals surface area contributed by atoms with E-state index >= 15 is 0 Å². The standard InChI is InChI=1S/C40H38BN3/c1-27-21-29(3)39(30(4)22-27)41(40-31(5)23-28(2)24-32(40)6)33-17-19-37(42-25-33)38-20-18-36(26-43-38)44(34-13-9-7-10-14-34)35-15-11-8-12-16-35/h7-26H,1-6H3. The summed E-state index contributed by atoms with van der Waals surface area (Å²) in [6.07, 6.45) is 3.99. The van der Waals surface area contributed by atoms with Crippen LogP contribution >= 0.6 is 0 Å². The molecule has 6 rings (SSSR count). The summed E-state index contributed by atoms with van der Waals surface area (Å²) in [5, 5.41) is 0. The molecule has 0 fully saturated rings. The van der Waals surface area contributed by atoms with Gasteiger partial charge in [-0.1, -0.05) is 116 Å². The molecule has 0 atom stereocenters. The van der Waals surface area contributed by atoms with E-state index in [0.717, 1.165) is 28.5 Å². The number of aromatic nitrogens is 2. The lowest BCUT2D eigenvalue weighted by Crippen LogP contribution is -2.56. The maximum atomic E-state index is 4.99. The lowest BCUT2D eigenvalue weighted by molar-refractivity contribution is 1.21. The molecule has 0 unspecified atom stereocenters. The Morgan fingerprint density at radius 3 is 1.27 bits per heavy atom. The van der Waals surface area contributed by atoms with Crippen molar-refractivity contribution in [1.29, 1.82) is 0 Å². The molecule has 6 aromatic rings. The van der Waals surface area contributed by atoms with Gasteiger partial charge >= 0.3 is 0 Å². The first kappa shape index (κ1) is 29.1. The summed E-state index contributed by atoms with van der Waals surface area (Å²) in [5.74, 6) is 0. The second-order valence-corrected chi connectivity index (χ2v) is 11.9. The van der Waals surface area contributed by atoms with E-state index in [2.05, 4.69) is 144 Å². The molecule has 0 bridgehead atoms. The van der Waals surface area contributed by atoms with Crippen LogP contribution in [0.25, 0.3) is 11.4 Å². The third-order valence-corrected chi connectivity index (χ3v) is 8.47. The van der Waals surface area contributed by atoms with E-state index in [4.69, 9.17) is 9.97 Å². The van der Waals surface area contributed by atoms with Crippen LogP contribution in [-0.2, 0) is 0 Å². The van der Waals surface area contributed by atoms with E-state index in [-0.39, 0.29) is 6.71 Å². The second-order valence-electron chi connectivity index (χ2n) is 11.9. The lowest BCUT2D eigenvalue weighted by atomic mass is 9.34. The van der Waals surface area contributed by atoms with Crippen LogP contribution in [0.2, 0.25) is 0 Å². The first-order chi connectivity index (χ1) is 21.3. The minimum absolute atomic E-state index is 0.0957. The summed E-state index contributed by atoms with van der Waals surface area (Å²) in [5.41, 5.74) is 16.6. The number of hydrogen-bond donors (Lipinski definition) is 0. The van der Waals surface area contributed by atoms with Gasteiger partial charge in [0.15, 0.2) is 0 Å². The molecule has 0 aliphatic heterocycles. The highest BCUT2D eigenvalue weighted by molar-refractivity contribution is 6.96. The Kier molecular flexibility index (Phi) is 8.17. The number of nitrogens with zero attached hydrogens (tertiary/aromatic N) is 3. The van der Waals surface area contributed by atoms with E-state index in [1.807, 2.05) is 24.5 Å². The Hall–Kier alpha value is -4.96. The van der Waals surface area contributed by atoms with Crippen LogP contribution in [0.3, 0.4) is 0 Å². The highest BCUT2D eigenvalue weighted by Crippen LogP contribution is 2.34. The molecule has 0 aliphatic rings. The van der Waals surface area contributed by atoms with Crippen LogP contribution in [0, 0.1) is 41.5 Å². The molecule has 0 amide bonds. The van der Waals surface area contributed by atoms with Crippen LogP contribution in [0.4, 0.5) is 17.1 Å². The average molecular weight is 572 g/mol. The van der Waals surface area contributed by atoms with Crippen LogP contribution in [0.1, 0.15) is 33.4 Å². The quantitative estimate of drug-likeness (QED) is 0.182. The van der Waals surface area contributed by atoms with Crippen molar-refractivity contribution in [2.24, 2.45) is 0 Å². The molecule has 0 spiro atoms. The summed E-state index contributed by atoms with van der Waals surface area (Å²) in [6.45, 7) is 13.4. The van der Waals surface area contributed by atoms with Crippen LogP contribution < -0.4 is 21.3 Å². The maximum absolute atomic E-state index is 4.99. The zero-order valence-electron chi connectivity index (χ0n) is 26.5. The van der Waals surface area contributed by atoms with E-state index < -0.39 is 0 Å². The molecule has 0 N–H and O–H groups in total. The van der Waals surface area contributed by atoms with Gasteiger partial charge in [0.05, 0.1) is 23.3 Å². The van der Waals surface area contributed by atoms with Crippen LogP contribution in [0.15, 0.2) is 122 Å². The van der Waals surface area contributed by atoms with Crippen LogP contribution in [-0.4, -0.2) is 16.7 Å². The van der Waals surface area contributed by atoms with Gasteiger partial charge in [-0.15, -0.1) is 0 Å². The van der Waals surface area contributed by atoms with Crippen molar-refractivity contribution >= 4 is 40.2 Å². The average Bonchev–Trinajstić information content (AvgIpc) is 3.01. The molecule has 0 saturated heterocycles. The summed E-state index contributed by atoms with van der Waals surface area (Å²) >= 11 is 0. The fraction of sp³-hybridized carbons (Fsp3) is 0.150.